The molecule has 1 aromatic rings. The Morgan fingerprint density at radius 3 is 2.89 bits per heavy atom. The highest BCUT2D eigenvalue weighted by molar-refractivity contribution is 7.13. The van der Waals surface area contributed by atoms with Gasteiger partial charge in [0.2, 0.25) is 0 Å². The van der Waals surface area contributed by atoms with E-state index in [1.165, 1.54) is 0 Å². The maximum Gasteiger partial charge on any atom is 0.434 e. The molecule has 0 saturated carbocycles. The number of thiazole rings is 1. The van der Waals surface area contributed by atoms with Crippen LogP contribution in [0, 0.1) is 0 Å². The minimum absolute atomic E-state index is 0.263. The smallest absolute Gasteiger partial charge is 0.434 e. The van der Waals surface area contributed by atoms with Crippen LogP contribution >= 0.6 is 11.3 Å². The molecule has 0 aliphatic carbocycles. The zero-order valence-electron chi connectivity index (χ0n) is 9.07. The molecule has 0 spiro atoms. The summed E-state index contributed by atoms with van der Waals surface area (Å²) in [5, 5.41) is 12.1. The number of amides is 1. The standard InChI is InChI=1S/C9H10F3N3O2S/c10-9(11,12)6-4-18-7(14-6)15-2-1-5(3-15)13-8(16)17/h4-5,13H,1-3H2,(H,16,17). The molecule has 1 saturated heterocycles. The molecular formula is C9H10F3N3O2S. The highest BCUT2D eigenvalue weighted by Crippen LogP contribution is 2.33. The van der Waals surface area contributed by atoms with E-state index in [9.17, 15) is 18.0 Å². The highest BCUT2D eigenvalue weighted by atomic mass is 32.1. The Kier molecular flexibility index (Phi) is 3.33. The second-order valence-electron chi connectivity index (χ2n) is 3.89. The molecule has 1 atom stereocenters. The minimum atomic E-state index is -4.44. The third kappa shape index (κ3) is 2.84. The molecule has 0 bridgehead atoms. The van der Waals surface area contributed by atoms with Crippen molar-refractivity contribution in [3.8, 4) is 0 Å². The molecular weight excluding hydrogens is 271 g/mol. The molecule has 1 aliphatic heterocycles. The molecule has 1 fully saturated rings. The average molecular weight is 281 g/mol. The molecule has 2 N–H and O–H groups in total. The summed E-state index contributed by atoms with van der Waals surface area (Å²) in [6.45, 7) is 0.840. The largest absolute Gasteiger partial charge is 0.465 e. The van der Waals surface area contributed by atoms with Crippen LogP contribution in [0.4, 0.5) is 23.1 Å². The highest BCUT2D eigenvalue weighted by Gasteiger charge is 2.35. The molecule has 2 rings (SSSR count). The Bertz CT molecular complexity index is 449. The summed E-state index contributed by atoms with van der Waals surface area (Å²) in [6.07, 6.45) is -5.00. The first-order valence-electron chi connectivity index (χ1n) is 5.13. The maximum atomic E-state index is 12.4. The van der Waals surface area contributed by atoms with Crippen molar-refractivity contribution in [1.82, 2.24) is 10.3 Å². The van der Waals surface area contributed by atoms with Crippen molar-refractivity contribution in [2.75, 3.05) is 18.0 Å². The zero-order valence-corrected chi connectivity index (χ0v) is 9.88. The lowest BCUT2D eigenvalue weighted by Gasteiger charge is -2.14. The summed E-state index contributed by atoms with van der Waals surface area (Å²) in [7, 11) is 0. The predicted octanol–water partition coefficient (Wildman–Crippen LogP) is 2.01. The van der Waals surface area contributed by atoms with Crippen molar-refractivity contribution in [3.05, 3.63) is 11.1 Å². The van der Waals surface area contributed by atoms with Crippen LogP contribution < -0.4 is 10.2 Å². The van der Waals surface area contributed by atoms with Crippen LogP contribution in [0.15, 0.2) is 5.38 Å². The van der Waals surface area contributed by atoms with Gasteiger partial charge in [0.25, 0.3) is 0 Å². The number of anilines is 1. The molecule has 1 unspecified atom stereocenters. The molecule has 5 nitrogen and oxygen atoms in total. The molecule has 1 aromatic heterocycles. The first-order valence-corrected chi connectivity index (χ1v) is 6.01. The Hall–Kier alpha value is -1.51. The van der Waals surface area contributed by atoms with Crippen LogP contribution in [-0.4, -0.2) is 35.3 Å². The van der Waals surface area contributed by atoms with E-state index in [1.54, 1.807) is 4.90 Å². The van der Waals surface area contributed by atoms with Crippen molar-refractivity contribution >= 4 is 22.6 Å². The molecule has 0 radical (unpaired) electrons. The monoisotopic (exact) mass is 281 g/mol. The van der Waals surface area contributed by atoms with Crippen LogP contribution in [0.3, 0.4) is 0 Å². The summed E-state index contributed by atoms with van der Waals surface area (Å²) in [5.41, 5.74) is -0.905. The first-order chi connectivity index (χ1) is 8.36. The Morgan fingerprint density at radius 1 is 1.61 bits per heavy atom. The SMILES string of the molecule is O=C(O)NC1CCN(c2nc(C(F)(F)F)cs2)C1. The lowest BCUT2D eigenvalue weighted by Crippen LogP contribution is -2.36. The van der Waals surface area contributed by atoms with Crippen molar-refractivity contribution in [2.24, 2.45) is 0 Å². The minimum Gasteiger partial charge on any atom is -0.465 e. The summed E-state index contributed by atoms with van der Waals surface area (Å²) in [4.78, 5) is 15.6. The zero-order chi connectivity index (χ0) is 13.3. The number of nitrogens with one attached hydrogen (secondary N) is 1. The molecule has 1 aliphatic rings. The van der Waals surface area contributed by atoms with E-state index >= 15 is 0 Å². The van der Waals surface area contributed by atoms with E-state index in [1.807, 2.05) is 0 Å². The van der Waals surface area contributed by atoms with E-state index in [2.05, 4.69) is 10.3 Å². The number of alkyl halides is 3. The number of carbonyl (C=O) groups is 1. The molecule has 2 heterocycles. The van der Waals surface area contributed by atoms with E-state index < -0.39 is 18.0 Å². The molecule has 9 heteroatoms. The van der Waals surface area contributed by atoms with Crippen molar-refractivity contribution < 1.29 is 23.1 Å². The molecule has 1 amide bonds. The fraction of sp³-hybridized carbons (Fsp3) is 0.556. The number of carboxylic acid groups (broad SMARTS) is 1. The normalized spacial score (nSPS) is 20.2. The van der Waals surface area contributed by atoms with Gasteiger partial charge in [-0.1, -0.05) is 0 Å². The van der Waals surface area contributed by atoms with Gasteiger partial charge in [0, 0.05) is 18.5 Å². The van der Waals surface area contributed by atoms with Crippen molar-refractivity contribution in [1.29, 1.82) is 0 Å². The van der Waals surface area contributed by atoms with Crippen molar-refractivity contribution in [2.45, 2.75) is 18.6 Å². The summed E-state index contributed by atoms with van der Waals surface area (Å²) >= 11 is 0.914. The van der Waals surface area contributed by atoms with Gasteiger partial charge < -0.3 is 15.3 Å². The lowest BCUT2D eigenvalue weighted by atomic mass is 10.3. The molecule has 0 aromatic carbocycles. The first kappa shape index (κ1) is 12.9. The van der Waals surface area contributed by atoms with Gasteiger partial charge in [0.15, 0.2) is 10.8 Å². The Balaban J connectivity index is 2.01. The predicted molar refractivity (Wildman–Crippen MR) is 58.9 cm³/mol. The van der Waals surface area contributed by atoms with Gasteiger partial charge in [-0.2, -0.15) is 13.2 Å². The van der Waals surface area contributed by atoms with Gasteiger partial charge in [-0.25, -0.2) is 9.78 Å². The van der Waals surface area contributed by atoms with Crippen LogP contribution in [0.1, 0.15) is 12.1 Å². The number of nitrogens with zero attached hydrogens (tertiary/aromatic N) is 2. The Labute approximate surface area is 104 Å². The van der Waals surface area contributed by atoms with E-state index in [-0.39, 0.29) is 11.2 Å². The third-order valence-corrected chi connectivity index (χ3v) is 3.47. The maximum absolute atomic E-state index is 12.4. The second-order valence-corrected chi connectivity index (χ2v) is 4.73. The van der Waals surface area contributed by atoms with Crippen molar-refractivity contribution in [3.63, 3.8) is 0 Å². The van der Waals surface area contributed by atoms with Gasteiger partial charge in [0.05, 0.1) is 6.04 Å². The second kappa shape index (κ2) is 4.63. The van der Waals surface area contributed by atoms with E-state index in [0.29, 0.717) is 19.5 Å². The number of rotatable bonds is 2. The van der Waals surface area contributed by atoms with Crippen LogP contribution in [0.25, 0.3) is 0 Å². The fourth-order valence-corrected chi connectivity index (χ4v) is 2.64. The van der Waals surface area contributed by atoms with Crippen LogP contribution in [0.2, 0.25) is 0 Å². The fourth-order valence-electron chi connectivity index (χ4n) is 1.77. The summed E-state index contributed by atoms with van der Waals surface area (Å²) in [6, 6.07) is -0.263. The van der Waals surface area contributed by atoms with Gasteiger partial charge >= 0.3 is 12.3 Å². The van der Waals surface area contributed by atoms with Gasteiger partial charge in [-0.3, -0.25) is 0 Å². The lowest BCUT2D eigenvalue weighted by molar-refractivity contribution is -0.140. The van der Waals surface area contributed by atoms with E-state index in [0.717, 1.165) is 16.7 Å². The topological polar surface area (TPSA) is 65.5 Å². The quantitative estimate of drug-likeness (QED) is 0.870. The molecule has 18 heavy (non-hydrogen) atoms. The average Bonchev–Trinajstić information content (AvgIpc) is 2.81. The number of aromatic nitrogens is 1. The number of hydrogen-bond acceptors (Lipinski definition) is 4. The van der Waals surface area contributed by atoms with E-state index in [4.69, 9.17) is 5.11 Å². The summed E-state index contributed by atoms with van der Waals surface area (Å²) in [5.74, 6) is 0. The van der Waals surface area contributed by atoms with Crippen LogP contribution in [0.5, 0.6) is 0 Å². The Morgan fingerprint density at radius 2 is 2.33 bits per heavy atom. The van der Waals surface area contributed by atoms with Gasteiger partial charge in [-0.15, -0.1) is 11.3 Å². The third-order valence-electron chi connectivity index (χ3n) is 2.57. The molecule has 100 valence electrons. The summed E-state index contributed by atoms with van der Waals surface area (Å²) < 4.78 is 37.1. The number of hydrogen-bond donors (Lipinski definition) is 2. The van der Waals surface area contributed by atoms with Crippen LogP contribution in [-0.2, 0) is 6.18 Å². The van der Waals surface area contributed by atoms with Gasteiger partial charge in [-0.05, 0) is 6.42 Å². The number of halogens is 3. The van der Waals surface area contributed by atoms with Gasteiger partial charge in [0.1, 0.15) is 0 Å².